The first-order valence-electron chi connectivity index (χ1n) is 15.1. The van der Waals surface area contributed by atoms with Crippen molar-refractivity contribution in [2.24, 2.45) is 5.92 Å². The molecule has 2 aromatic carbocycles. The second-order valence-electron chi connectivity index (χ2n) is 11.3. The van der Waals surface area contributed by atoms with Crippen molar-refractivity contribution >= 4 is 11.8 Å². The maximum absolute atomic E-state index is 13.4. The lowest BCUT2D eigenvalue weighted by Gasteiger charge is -2.25. The lowest BCUT2D eigenvalue weighted by Crippen LogP contribution is -2.50. The van der Waals surface area contributed by atoms with Gasteiger partial charge >= 0.3 is 0 Å². The smallest absolute Gasteiger partial charge is 0.242 e. The van der Waals surface area contributed by atoms with E-state index in [1.165, 1.54) is 0 Å². The highest BCUT2D eigenvalue weighted by Crippen LogP contribution is 2.23. The van der Waals surface area contributed by atoms with E-state index in [9.17, 15) is 9.59 Å². The topological polar surface area (TPSA) is 116 Å². The van der Waals surface area contributed by atoms with Gasteiger partial charge in [-0.15, -0.1) is 0 Å². The van der Waals surface area contributed by atoms with Crippen molar-refractivity contribution < 1.29 is 19.1 Å². The van der Waals surface area contributed by atoms with Gasteiger partial charge in [0, 0.05) is 55.7 Å². The average Bonchev–Trinajstić information content (AvgIpc) is 3.68. The third kappa shape index (κ3) is 8.04. The molecule has 2 aromatic heterocycles. The standard InChI is InChI=1S/C33H41N7O4/c1-24(2)20-29-33(42)36-13-17-39-16-12-35-32(39)25-6-4-7-28(21-25)44-19-5-15-38(23-31(41)37-29)22-30-34-14-18-40(30)26-8-10-27(43-3)11-9-26/h4,6-12,14,16,18,21,24,29H,5,13,15,17,19-20,22-23H2,1-3H3,(H,36,42)(H,37,41)/t29-/m1/s1. The Morgan fingerprint density at radius 1 is 1.05 bits per heavy atom. The minimum absolute atomic E-state index is 0.116. The fourth-order valence-corrected chi connectivity index (χ4v) is 5.37. The molecule has 1 atom stereocenters. The van der Waals surface area contributed by atoms with E-state index in [-0.39, 0.29) is 24.3 Å². The van der Waals surface area contributed by atoms with E-state index in [1.54, 1.807) is 19.5 Å². The summed E-state index contributed by atoms with van der Waals surface area (Å²) in [5, 5.41) is 6.02. The molecule has 0 aliphatic carbocycles. The van der Waals surface area contributed by atoms with Gasteiger partial charge in [-0.25, -0.2) is 9.97 Å². The van der Waals surface area contributed by atoms with Crippen LogP contribution in [0.2, 0.25) is 0 Å². The van der Waals surface area contributed by atoms with Crippen LogP contribution in [0.15, 0.2) is 73.3 Å². The number of carbonyl (C=O) groups excluding carboxylic acids is 2. The zero-order valence-electron chi connectivity index (χ0n) is 25.6. The molecule has 1 aliphatic rings. The van der Waals surface area contributed by atoms with Crippen molar-refractivity contribution in [1.82, 2.24) is 34.6 Å². The quantitative estimate of drug-likeness (QED) is 0.348. The van der Waals surface area contributed by atoms with Crippen molar-refractivity contribution in [3.05, 3.63) is 79.1 Å². The number of hydrogen-bond donors (Lipinski definition) is 2. The van der Waals surface area contributed by atoms with Crippen LogP contribution in [0.25, 0.3) is 17.1 Å². The summed E-state index contributed by atoms with van der Waals surface area (Å²) in [5.41, 5.74) is 1.89. The molecule has 3 heterocycles. The van der Waals surface area contributed by atoms with E-state index >= 15 is 0 Å². The summed E-state index contributed by atoms with van der Waals surface area (Å²) in [7, 11) is 1.64. The summed E-state index contributed by atoms with van der Waals surface area (Å²) < 4.78 is 15.4. The molecule has 0 fully saturated rings. The van der Waals surface area contributed by atoms with Gasteiger partial charge < -0.3 is 29.2 Å². The second kappa shape index (κ2) is 14.7. The third-order valence-electron chi connectivity index (χ3n) is 7.51. The van der Waals surface area contributed by atoms with Crippen LogP contribution in [0.3, 0.4) is 0 Å². The minimum Gasteiger partial charge on any atom is -0.497 e. The number of methoxy groups -OCH3 is 1. The van der Waals surface area contributed by atoms with E-state index < -0.39 is 6.04 Å². The monoisotopic (exact) mass is 599 g/mol. The summed E-state index contributed by atoms with van der Waals surface area (Å²) in [4.78, 5) is 37.9. The number of nitrogens with zero attached hydrogens (tertiary/aromatic N) is 5. The number of aromatic nitrogens is 4. The zero-order chi connectivity index (χ0) is 30.9. The first-order valence-corrected chi connectivity index (χ1v) is 15.1. The average molecular weight is 600 g/mol. The highest BCUT2D eigenvalue weighted by Gasteiger charge is 2.24. The summed E-state index contributed by atoms with van der Waals surface area (Å²) in [6.07, 6.45) is 8.54. The summed E-state index contributed by atoms with van der Waals surface area (Å²) >= 11 is 0. The van der Waals surface area contributed by atoms with Crippen LogP contribution < -0.4 is 20.1 Å². The Bertz CT molecular complexity index is 1530. The van der Waals surface area contributed by atoms with Gasteiger partial charge in [-0.3, -0.25) is 14.5 Å². The number of carbonyl (C=O) groups is 2. The van der Waals surface area contributed by atoms with Gasteiger partial charge in [0.25, 0.3) is 0 Å². The Hall–Kier alpha value is -4.64. The van der Waals surface area contributed by atoms with Gasteiger partial charge in [0.1, 0.15) is 29.2 Å². The maximum atomic E-state index is 13.4. The molecule has 2 N–H and O–H groups in total. The summed E-state index contributed by atoms with van der Waals surface area (Å²) in [6.45, 7) is 6.66. The van der Waals surface area contributed by atoms with Crippen LogP contribution in [-0.2, 0) is 22.7 Å². The predicted molar refractivity (Wildman–Crippen MR) is 168 cm³/mol. The number of nitrogens with one attached hydrogen (secondary N) is 2. The Morgan fingerprint density at radius 2 is 1.86 bits per heavy atom. The van der Waals surface area contributed by atoms with Gasteiger partial charge in [0.05, 0.1) is 26.8 Å². The Morgan fingerprint density at radius 3 is 2.66 bits per heavy atom. The largest absolute Gasteiger partial charge is 0.497 e. The molecule has 0 saturated heterocycles. The van der Waals surface area contributed by atoms with Crippen molar-refractivity contribution in [3.8, 4) is 28.6 Å². The molecular formula is C33H41N7O4. The molecule has 0 unspecified atom stereocenters. The van der Waals surface area contributed by atoms with Gasteiger partial charge in [-0.2, -0.15) is 0 Å². The van der Waals surface area contributed by atoms with E-state index in [4.69, 9.17) is 9.47 Å². The highest BCUT2D eigenvalue weighted by atomic mass is 16.5. The molecule has 2 amide bonds. The van der Waals surface area contributed by atoms with Crippen LogP contribution in [0, 0.1) is 5.92 Å². The van der Waals surface area contributed by atoms with Crippen LogP contribution in [0.1, 0.15) is 32.5 Å². The van der Waals surface area contributed by atoms with Crippen LogP contribution >= 0.6 is 0 Å². The molecule has 2 bridgehead atoms. The number of imidazole rings is 2. The number of rotatable bonds is 6. The third-order valence-corrected chi connectivity index (χ3v) is 7.51. The SMILES string of the molecule is COc1ccc(-n2ccnc2CN2CCCOc3cccc(c3)-c3nccn3CCNC(=O)[C@@H](CC(C)C)NC(=O)C2)cc1. The second-order valence-corrected chi connectivity index (χ2v) is 11.3. The predicted octanol–water partition coefficient (Wildman–Crippen LogP) is 3.68. The normalized spacial score (nSPS) is 17.1. The van der Waals surface area contributed by atoms with Crippen molar-refractivity contribution in [2.75, 3.05) is 33.4 Å². The minimum atomic E-state index is -0.633. The number of ether oxygens (including phenoxy) is 2. The van der Waals surface area contributed by atoms with Crippen LogP contribution in [0.4, 0.5) is 0 Å². The van der Waals surface area contributed by atoms with Gasteiger partial charge in [0.2, 0.25) is 11.8 Å². The van der Waals surface area contributed by atoms with Gasteiger partial charge in [-0.05, 0) is 55.2 Å². The van der Waals surface area contributed by atoms with Crippen molar-refractivity contribution in [3.63, 3.8) is 0 Å². The molecule has 0 radical (unpaired) electrons. The number of benzene rings is 2. The first kappa shape index (κ1) is 30.8. The Kier molecular flexibility index (Phi) is 10.3. The molecule has 0 saturated carbocycles. The fourth-order valence-electron chi connectivity index (χ4n) is 5.37. The van der Waals surface area contributed by atoms with E-state index in [0.717, 1.165) is 34.4 Å². The molecule has 44 heavy (non-hydrogen) atoms. The molecule has 4 aromatic rings. The zero-order valence-corrected chi connectivity index (χ0v) is 25.6. The van der Waals surface area contributed by atoms with Gasteiger partial charge in [-0.1, -0.05) is 26.0 Å². The highest BCUT2D eigenvalue weighted by molar-refractivity contribution is 5.88. The maximum Gasteiger partial charge on any atom is 0.242 e. The van der Waals surface area contributed by atoms with E-state index in [0.29, 0.717) is 45.6 Å². The summed E-state index contributed by atoms with van der Waals surface area (Å²) in [6, 6.07) is 15.0. The number of amides is 2. The van der Waals surface area contributed by atoms with Gasteiger partial charge in [0.15, 0.2) is 0 Å². The lowest BCUT2D eigenvalue weighted by atomic mass is 10.0. The first-order chi connectivity index (χ1) is 21.4. The van der Waals surface area contributed by atoms with Crippen LogP contribution in [-0.4, -0.2) is 75.2 Å². The number of fused-ring (bicyclic) bond motifs is 4. The fraction of sp³-hybridized carbons (Fsp3) is 0.394. The van der Waals surface area contributed by atoms with Crippen molar-refractivity contribution in [2.45, 2.75) is 45.8 Å². The van der Waals surface area contributed by atoms with E-state index in [2.05, 4.69) is 20.6 Å². The molecule has 5 rings (SSSR count). The van der Waals surface area contributed by atoms with Crippen molar-refractivity contribution in [1.29, 1.82) is 0 Å². The van der Waals surface area contributed by atoms with Crippen LogP contribution in [0.5, 0.6) is 11.5 Å². The molecule has 1 aliphatic heterocycles. The summed E-state index contributed by atoms with van der Waals surface area (Å²) in [5.74, 6) is 2.95. The Labute approximate surface area is 258 Å². The number of hydrogen-bond acceptors (Lipinski definition) is 7. The molecule has 11 nitrogen and oxygen atoms in total. The molecule has 232 valence electrons. The lowest BCUT2D eigenvalue weighted by molar-refractivity contribution is -0.130. The Balaban J connectivity index is 1.37. The molecule has 11 heteroatoms. The molecule has 0 spiro atoms. The molecular weight excluding hydrogens is 558 g/mol. The van der Waals surface area contributed by atoms with E-state index in [1.807, 2.05) is 88.8 Å².